The van der Waals surface area contributed by atoms with Gasteiger partial charge in [0, 0.05) is 26.6 Å². The Hall–Kier alpha value is -2.02. The molecule has 0 saturated carbocycles. The molecule has 2 atom stereocenters. The molecule has 0 spiro atoms. The maximum atomic E-state index is 13.2. The van der Waals surface area contributed by atoms with Gasteiger partial charge in [-0.05, 0) is 24.1 Å². The molecule has 2 fully saturated rings. The molecule has 2 aliphatic rings. The number of ether oxygens (including phenoxy) is 1. The van der Waals surface area contributed by atoms with Crippen LogP contribution in [0.3, 0.4) is 0 Å². The molecule has 3 rings (SSSR count). The fourth-order valence-electron chi connectivity index (χ4n) is 3.26. The zero-order valence-corrected chi connectivity index (χ0v) is 13.5. The van der Waals surface area contributed by atoms with Gasteiger partial charge in [-0.25, -0.2) is 8.78 Å². The molecule has 2 saturated heterocycles. The molecule has 0 radical (unpaired) electrons. The Bertz CT molecular complexity index is 653. The summed E-state index contributed by atoms with van der Waals surface area (Å²) in [6, 6.07) is 3.55. The van der Waals surface area contributed by atoms with Gasteiger partial charge in [-0.2, -0.15) is 0 Å². The molecular formula is C17H20F2N2O3. The average Bonchev–Trinajstić information content (AvgIpc) is 2.93. The quantitative estimate of drug-likeness (QED) is 0.836. The number of rotatable bonds is 3. The fraction of sp³-hybridized carbons (Fsp3) is 0.529. The van der Waals surface area contributed by atoms with E-state index in [0.29, 0.717) is 38.1 Å². The molecule has 1 aromatic rings. The zero-order valence-electron chi connectivity index (χ0n) is 13.5. The van der Waals surface area contributed by atoms with Gasteiger partial charge in [0.2, 0.25) is 11.8 Å². The van der Waals surface area contributed by atoms with Crippen molar-refractivity contribution in [3.63, 3.8) is 0 Å². The van der Waals surface area contributed by atoms with E-state index >= 15 is 0 Å². The third-order valence-corrected chi connectivity index (χ3v) is 4.74. The van der Waals surface area contributed by atoms with Crippen molar-refractivity contribution in [2.75, 3.05) is 26.7 Å². The summed E-state index contributed by atoms with van der Waals surface area (Å²) < 4.78 is 31.8. The van der Waals surface area contributed by atoms with E-state index in [9.17, 15) is 18.4 Å². The number of likely N-dealkylation sites (N-methyl/N-ethyl adjacent to an activating group) is 1. The summed E-state index contributed by atoms with van der Waals surface area (Å²) in [5.74, 6) is -1.85. The van der Waals surface area contributed by atoms with E-state index in [1.807, 2.05) is 0 Å². The van der Waals surface area contributed by atoms with Crippen LogP contribution in [-0.2, 0) is 20.7 Å². The summed E-state index contributed by atoms with van der Waals surface area (Å²) >= 11 is 0. The number of likely N-dealkylation sites (tertiary alicyclic amines) is 1. The Balaban J connectivity index is 1.58. The number of carbonyl (C=O) groups is 2. The summed E-state index contributed by atoms with van der Waals surface area (Å²) in [7, 11) is 1.74. The molecule has 1 aromatic carbocycles. The highest BCUT2D eigenvalue weighted by Crippen LogP contribution is 2.23. The summed E-state index contributed by atoms with van der Waals surface area (Å²) in [4.78, 5) is 27.6. The van der Waals surface area contributed by atoms with Crippen LogP contribution >= 0.6 is 0 Å². The van der Waals surface area contributed by atoms with Crippen LogP contribution in [0.1, 0.15) is 18.4 Å². The maximum Gasteiger partial charge on any atom is 0.225 e. The highest BCUT2D eigenvalue weighted by molar-refractivity contribution is 5.79. The summed E-state index contributed by atoms with van der Waals surface area (Å²) in [5, 5.41) is 0. The molecule has 2 aliphatic heterocycles. The van der Waals surface area contributed by atoms with Crippen molar-refractivity contribution in [3.8, 4) is 0 Å². The van der Waals surface area contributed by atoms with Crippen LogP contribution in [0.4, 0.5) is 8.78 Å². The van der Waals surface area contributed by atoms with Gasteiger partial charge in [0.05, 0.1) is 25.2 Å². The number of hydrogen-bond acceptors (Lipinski definition) is 3. The van der Waals surface area contributed by atoms with Crippen molar-refractivity contribution in [2.45, 2.75) is 31.4 Å². The molecule has 2 amide bonds. The molecule has 0 aromatic heterocycles. The number of carbonyl (C=O) groups excluding carboxylic acids is 2. The lowest BCUT2D eigenvalue weighted by molar-refractivity contribution is -0.133. The van der Waals surface area contributed by atoms with Crippen molar-refractivity contribution in [3.05, 3.63) is 35.4 Å². The van der Waals surface area contributed by atoms with Crippen LogP contribution < -0.4 is 0 Å². The van der Waals surface area contributed by atoms with E-state index < -0.39 is 11.6 Å². The molecule has 2 heterocycles. The number of aryl methyl sites for hydroxylation is 1. The molecule has 5 nitrogen and oxygen atoms in total. The lowest BCUT2D eigenvalue weighted by Crippen LogP contribution is -2.43. The minimum atomic E-state index is -0.906. The standard InChI is InChI=1S/C17H20F2N2O3/c1-20-14-9-21(10-15(14)24-7-6-16(20)22)17(23)5-3-11-2-4-12(18)13(19)8-11/h2,4,8,14-15H,3,5-7,9-10H2,1H3/t14-,15-/m0/s1. The van der Waals surface area contributed by atoms with Gasteiger partial charge >= 0.3 is 0 Å². The van der Waals surface area contributed by atoms with Gasteiger partial charge in [0.25, 0.3) is 0 Å². The lowest BCUT2D eigenvalue weighted by atomic mass is 10.1. The number of hydrogen-bond donors (Lipinski definition) is 0. The first kappa shape index (κ1) is 16.8. The minimum absolute atomic E-state index is 0.0265. The van der Waals surface area contributed by atoms with E-state index in [2.05, 4.69) is 0 Å². The van der Waals surface area contributed by atoms with E-state index in [4.69, 9.17) is 4.74 Å². The number of halogens is 2. The van der Waals surface area contributed by atoms with E-state index in [1.165, 1.54) is 6.07 Å². The van der Waals surface area contributed by atoms with Crippen LogP contribution in [0.5, 0.6) is 0 Å². The first-order valence-corrected chi connectivity index (χ1v) is 8.04. The SMILES string of the molecule is CN1C(=O)CCO[C@H]2CN(C(=O)CCc3ccc(F)c(F)c3)C[C@@H]21. The van der Waals surface area contributed by atoms with Crippen molar-refractivity contribution >= 4 is 11.8 Å². The minimum Gasteiger partial charge on any atom is -0.374 e. The highest BCUT2D eigenvalue weighted by atomic mass is 19.2. The summed E-state index contributed by atoms with van der Waals surface area (Å²) in [6.07, 6.45) is 0.765. The van der Waals surface area contributed by atoms with E-state index in [0.717, 1.165) is 12.1 Å². The van der Waals surface area contributed by atoms with E-state index in [-0.39, 0.29) is 30.4 Å². The van der Waals surface area contributed by atoms with Crippen LogP contribution in [0, 0.1) is 11.6 Å². The average molecular weight is 338 g/mol. The predicted octanol–water partition coefficient (Wildman–Crippen LogP) is 1.36. The molecule has 7 heteroatoms. The molecule has 130 valence electrons. The predicted molar refractivity (Wildman–Crippen MR) is 82.2 cm³/mol. The number of amides is 2. The second-order valence-electron chi connectivity index (χ2n) is 6.28. The van der Waals surface area contributed by atoms with Crippen LogP contribution in [-0.4, -0.2) is 60.5 Å². The smallest absolute Gasteiger partial charge is 0.225 e. The number of nitrogens with zero attached hydrogens (tertiary/aromatic N) is 2. The molecule has 0 aliphatic carbocycles. The fourth-order valence-corrected chi connectivity index (χ4v) is 3.26. The largest absolute Gasteiger partial charge is 0.374 e. The normalized spacial score (nSPS) is 24.0. The summed E-state index contributed by atoms with van der Waals surface area (Å²) in [6.45, 7) is 1.28. The molecule has 24 heavy (non-hydrogen) atoms. The second kappa shape index (κ2) is 6.84. The number of fused-ring (bicyclic) bond motifs is 1. The highest BCUT2D eigenvalue weighted by Gasteiger charge is 2.41. The second-order valence-corrected chi connectivity index (χ2v) is 6.28. The molecule has 0 unspecified atom stereocenters. The third kappa shape index (κ3) is 3.40. The Morgan fingerprint density at radius 1 is 1.29 bits per heavy atom. The molecular weight excluding hydrogens is 318 g/mol. The van der Waals surface area contributed by atoms with Crippen LogP contribution in [0.25, 0.3) is 0 Å². The van der Waals surface area contributed by atoms with Crippen molar-refractivity contribution in [2.24, 2.45) is 0 Å². The maximum absolute atomic E-state index is 13.2. The molecule has 0 bridgehead atoms. The van der Waals surface area contributed by atoms with Gasteiger partial charge < -0.3 is 14.5 Å². The third-order valence-electron chi connectivity index (χ3n) is 4.74. The first-order chi connectivity index (χ1) is 11.5. The van der Waals surface area contributed by atoms with Gasteiger partial charge in [0.15, 0.2) is 11.6 Å². The van der Waals surface area contributed by atoms with Crippen molar-refractivity contribution in [1.82, 2.24) is 9.80 Å². The lowest BCUT2D eigenvalue weighted by Gasteiger charge is -2.25. The van der Waals surface area contributed by atoms with Gasteiger partial charge in [0.1, 0.15) is 0 Å². The van der Waals surface area contributed by atoms with Crippen LogP contribution in [0.2, 0.25) is 0 Å². The van der Waals surface area contributed by atoms with Crippen LogP contribution in [0.15, 0.2) is 18.2 Å². The van der Waals surface area contributed by atoms with Crippen molar-refractivity contribution < 1.29 is 23.1 Å². The first-order valence-electron chi connectivity index (χ1n) is 8.04. The van der Waals surface area contributed by atoms with Gasteiger partial charge in [-0.1, -0.05) is 6.07 Å². The summed E-state index contributed by atoms with van der Waals surface area (Å²) in [5.41, 5.74) is 0.583. The Morgan fingerprint density at radius 3 is 2.83 bits per heavy atom. The number of benzene rings is 1. The Labute approximate surface area is 139 Å². The van der Waals surface area contributed by atoms with Gasteiger partial charge in [-0.15, -0.1) is 0 Å². The Morgan fingerprint density at radius 2 is 2.08 bits per heavy atom. The topological polar surface area (TPSA) is 49.9 Å². The Kier molecular flexibility index (Phi) is 4.80. The van der Waals surface area contributed by atoms with Gasteiger partial charge in [-0.3, -0.25) is 9.59 Å². The zero-order chi connectivity index (χ0) is 17.3. The van der Waals surface area contributed by atoms with E-state index in [1.54, 1.807) is 16.8 Å². The monoisotopic (exact) mass is 338 g/mol. The molecule has 0 N–H and O–H groups in total. The van der Waals surface area contributed by atoms with Crippen molar-refractivity contribution in [1.29, 1.82) is 0 Å².